The number of benzene rings is 2. The highest BCUT2D eigenvalue weighted by Gasteiger charge is 2.10. The SMILES string of the molecule is CNc1cc(Nc2cc(C#N)ccc2C)cc([N+](=O)[O-])c1. The van der Waals surface area contributed by atoms with Gasteiger partial charge in [-0.1, -0.05) is 6.07 Å². The molecule has 0 fully saturated rings. The third-order valence-corrected chi connectivity index (χ3v) is 3.06. The molecule has 0 amide bonds. The van der Waals surface area contributed by atoms with Gasteiger partial charge >= 0.3 is 0 Å². The molecule has 2 aromatic rings. The number of nitriles is 1. The molecular formula is C15H14N4O2. The van der Waals surface area contributed by atoms with E-state index in [2.05, 4.69) is 16.7 Å². The van der Waals surface area contributed by atoms with Crippen LogP contribution in [-0.4, -0.2) is 12.0 Å². The molecule has 0 spiro atoms. The van der Waals surface area contributed by atoms with E-state index in [0.29, 0.717) is 16.9 Å². The fourth-order valence-corrected chi connectivity index (χ4v) is 1.91. The van der Waals surface area contributed by atoms with Crippen molar-refractivity contribution >= 4 is 22.7 Å². The van der Waals surface area contributed by atoms with Gasteiger partial charge in [-0.25, -0.2) is 0 Å². The molecule has 0 atom stereocenters. The van der Waals surface area contributed by atoms with E-state index in [0.717, 1.165) is 11.3 Å². The second-order valence-electron chi connectivity index (χ2n) is 4.54. The van der Waals surface area contributed by atoms with Crippen molar-refractivity contribution in [3.05, 3.63) is 57.6 Å². The highest BCUT2D eigenvalue weighted by molar-refractivity contribution is 5.71. The summed E-state index contributed by atoms with van der Waals surface area (Å²) in [6.45, 7) is 1.90. The number of aryl methyl sites for hydroxylation is 1. The van der Waals surface area contributed by atoms with Crippen molar-refractivity contribution in [3.8, 4) is 6.07 Å². The van der Waals surface area contributed by atoms with E-state index >= 15 is 0 Å². The monoisotopic (exact) mass is 282 g/mol. The molecule has 0 radical (unpaired) electrons. The Morgan fingerprint density at radius 3 is 2.52 bits per heavy atom. The number of rotatable bonds is 4. The number of nitrogens with zero attached hydrogens (tertiary/aromatic N) is 2. The molecule has 6 heteroatoms. The van der Waals surface area contributed by atoms with Crippen molar-refractivity contribution in [2.24, 2.45) is 0 Å². The number of anilines is 3. The predicted octanol–water partition coefficient (Wildman–Crippen LogP) is 3.56. The van der Waals surface area contributed by atoms with Gasteiger partial charge in [0.15, 0.2) is 0 Å². The van der Waals surface area contributed by atoms with Crippen LogP contribution in [0.1, 0.15) is 11.1 Å². The molecule has 2 aromatic carbocycles. The predicted molar refractivity (Wildman–Crippen MR) is 81.8 cm³/mol. The summed E-state index contributed by atoms with van der Waals surface area (Å²) in [6, 6.07) is 12.0. The van der Waals surface area contributed by atoms with Crippen LogP contribution in [0.25, 0.3) is 0 Å². The second kappa shape index (κ2) is 5.92. The number of hydrogen-bond donors (Lipinski definition) is 2. The number of nitro benzene ring substituents is 1. The van der Waals surface area contributed by atoms with E-state index in [1.807, 2.05) is 13.0 Å². The molecule has 0 saturated heterocycles. The Bertz CT molecular complexity index is 735. The smallest absolute Gasteiger partial charge is 0.273 e. The van der Waals surface area contributed by atoms with Gasteiger partial charge in [0.1, 0.15) is 0 Å². The number of nitro groups is 1. The summed E-state index contributed by atoms with van der Waals surface area (Å²) in [4.78, 5) is 10.5. The zero-order chi connectivity index (χ0) is 15.4. The highest BCUT2D eigenvalue weighted by atomic mass is 16.6. The molecule has 0 aliphatic rings. The molecule has 21 heavy (non-hydrogen) atoms. The van der Waals surface area contributed by atoms with Crippen molar-refractivity contribution < 1.29 is 4.92 Å². The Morgan fingerprint density at radius 1 is 1.19 bits per heavy atom. The van der Waals surface area contributed by atoms with E-state index in [4.69, 9.17) is 5.26 Å². The Labute approximate surface area is 122 Å². The quantitative estimate of drug-likeness (QED) is 0.661. The van der Waals surface area contributed by atoms with E-state index in [9.17, 15) is 10.1 Å². The minimum Gasteiger partial charge on any atom is -0.388 e. The molecule has 2 rings (SSSR count). The highest BCUT2D eigenvalue weighted by Crippen LogP contribution is 2.28. The molecule has 0 bridgehead atoms. The van der Waals surface area contributed by atoms with Gasteiger partial charge in [0.05, 0.1) is 16.6 Å². The lowest BCUT2D eigenvalue weighted by Crippen LogP contribution is -1.98. The maximum absolute atomic E-state index is 10.9. The summed E-state index contributed by atoms with van der Waals surface area (Å²) in [5.41, 5.74) is 3.46. The van der Waals surface area contributed by atoms with Crippen LogP contribution in [0.4, 0.5) is 22.7 Å². The summed E-state index contributed by atoms with van der Waals surface area (Å²) in [6.07, 6.45) is 0. The molecule has 0 aromatic heterocycles. The molecular weight excluding hydrogens is 268 g/mol. The third kappa shape index (κ3) is 3.28. The van der Waals surface area contributed by atoms with E-state index in [1.54, 1.807) is 25.2 Å². The van der Waals surface area contributed by atoms with Crippen molar-refractivity contribution in [1.82, 2.24) is 0 Å². The lowest BCUT2D eigenvalue weighted by Gasteiger charge is -2.11. The Hall–Kier alpha value is -3.07. The lowest BCUT2D eigenvalue weighted by molar-refractivity contribution is -0.384. The lowest BCUT2D eigenvalue weighted by atomic mass is 10.1. The molecule has 0 aliphatic heterocycles. The van der Waals surface area contributed by atoms with Gasteiger partial charge in [-0.15, -0.1) is 0 Å². The van der Waals surface area contributed by atoms with E-state index in [-0.39, 0.29) is 5.69 Å². The van der Waals surface area contributed by atoms with Crippen molar-refractivity contribution in [2.75, 3.05) is 17.7 Å². The van der Waals surface area contributed by atoms with E-state index < -0.39 is 4.92 Å². The van der Waals surface area contributed by atoms with Crippen LogP contribution in [0.3, 0.4) is 0 Å². The maximum Gasteiger partial charge on any atom is 0.273 e. The average molecular weight is 282 g/mol. The number of hydrogen-bond acceptors (Lipinski definition) is 5. The van der Waals surface area contributed by atoms with Gasteiger partial charge in [-0.05, 0) is 30.7 Å². The van der Waals surface area contributed by atoms with Crippen LogP contribution in [0, 0.1) is 28.4 Å². The van der Waals surface area contributed by atoms with Crippen molar-refractivity contribution in [2.45, 2.75) is 6.92 Å². The van der Waals surface area contributed by atoms with Crippen LogP contribution in [0.2, 0.25) is 0 Å². The molecule has 0 unspecified atom stereocenters. The maximum atomic E-state index is 10.9. The van der Waals surface area contributed by atoms with Gasteiger partial charge in [0.2, 0.25) is 0 Å². The normalized spacial score (nSPS) is 9.76. The van der Waals surface area contributed by atoms with Gasteiger partial charge in [0.25, 0.3) is 5.69 Å². The summed E-state index contributed by atoms with van der Waals surface area (Å²) in [7, 11) is 1.70. The molecule has 0 aliphatic carbocycles. The van der Waals surface area contributed by atoms with Crippen LogP contribution >= 0.6 is 0 Å². The second-order valence-corrected chi connectivity index (χ2v) is 4.54. The standard InChI is InChI=1S/C15H14N4O2/c1-10-3-4-11(9-16)5-15(10)18-13-6-12(17-2)7-14(8-13)19(20)21/h3-8,17-18H,1-2H3. The molecule has 0 saturated carbocycles. The number of non-ortho nitro benzene ring substituents is 1. The Morgan fingerprint density at radius 2 is 1.90 bits per heavy atom. The minimum absolute atomic E-state index is 0.00144. The fraction of sp³-hybridized carbons (Fsp3) is 0.133. The number of nitrogens with one attached hydrogen (secondary N) is 2. The van der Waals surface area contributed by atoms with Crippen LogP contribution < -0.4 is 10.6 Å². The average Bonchev–Trinajstić information content (AvgIpc) is 2.49. The minimum atomic E-state index is -0.440. The summed E-state index contributed by atoms with van der Waals surface area (Å²) < 4.78 is 0. The van der Waals surface area contributed by atoms with Crippen LogP contribution in [-0.2, 0) is 0 Å². The van der Waals surface area contributed by atoms with Crippen LogP contribution in [0.5, 0.6) is 0 Å². The van der Waals surface area contributed by atoms with Crippen molar-refractivity contribution in [1.29, 1.82) is 5.26 Å². The third-order valence-electron chi connectivity index (χ3n) is 3.06. The summed E-state index contributed by atoms with van der Waals surface area (Å²) >= 11 is 0. The van der Waals surface area contributed by atoms with E-state index in [1.165, 1.54) is 12.1 Å². The van der Waals surface area contributed by atoms with Gasteiger partial charge in [0, 0.05) is 36.2 Å². The molecule has 106 valence electrons. The molecule has 6 nitrogen and oxygen atoms in total. The largest absolute Gasteiger partial charge is 0.388 e. The molecule has 2 N–H and O–H groups in total. The summed E-state index contributed by atoms with van der Waals surface area (Å²) in [5, 5.41) is 25.9. The van der Waals surface area contributed by atoms with Crippen molar-refractivity contribution in [3.63, 3.8) is 0 Å². The fourth-order valence-electron chi connectivity index (χ4n) is 1.91. The van der Waals surface area contributed by atoms with Gasteiger partial charge < -0.3 is 10.6 Å². The first-order valence-corrected chi connectivity index (χ1v) is 6.28. The zero-order valence-electron chi connectivity index (χ0n) is 11.7. The Balaban J connectivity index is 2.41. The Kier molecular flexibility index (Phi) is 4.05. The zero-order valence-corrected chi connectivity index (χ0v) is 11.7. The first-order valence-electron chi connectivity index (χ1n) is 6.28. The van der Waals surface area contributed by atoms with Gasteiger partial charge in [-0.2, -0.15) is 5.26 Å². The first kappa shape index (κ1) is 14.3. The topological polar surface area (TPSA) is 91.0 Å². The van der Waals surface area contributed by atoms with Gasteiger partial charge in [-0.3, -0.25) is 10.1 Å². The summed E-state index contributed by atoms with van der Waals surface area (Å²) in [5.74, 6) is 0. The first-order chi connectivity index (χ1) is 10.0. The molecule has 0 heterocycles. The van der Waals surface area contributed by atoms with Crippen LogP contribution in [0.15, 0.2) is 36.4 Å².